The van der Waals surface area contributed by atoms with Crippen molar-refractivity contribution in [3.05, 3.63) is 22.2 Å². The van der Waals surface area contributed by atoms with Gasteiger partial charge in [-0.2, -0.15) is 0 Å². The van der Waals surface area contributed by atoms with Crippen LogP contribution in [0.2, 0.25) is 0 Å². The molecular weight excluding hydrogens is 378 g/mol. The molecule has 2 atom stereocenters. The zero-order valence-electron chi connectivity index (χ0n) is 16.2. The van der Waals surface area contributed by atoms with Crippen LogP contribution in [0.15, 0.2) is 6.07 Å². The molecule has 0 radical (unpaired) electrons. The summed E-state index contributed by atoms with van der Waals surface area (Å²) in [5.41, 5.74) is 8.41. The van der Waals surface area contributed by atoms with Gasteiger partial charge in [-0.3, -0.25) is 4.79 Å². The first-order chi connectivity index (χ1) is 13.5. The molecule has 7 nitrogen and oxygen atoms in total. The number of pyridine rings is 1. The van der Waals surface area contributed by atoms with E-state index in [1.54, 1.807) is 0 Å². The lowest BCUT2D eigenvalue weighted by molar-refractivity contribution is -0.152. The summed E-state index contributed by atoms with van der Waals surface area (Å²) >= 11 is 1.21. The van der Waals surface area contributed by atoms with E-state index in [1.165, 1.54) is 11.3 Å². The number of aromatic nitrogens is 1. The van der Waals surface area contributed by atoms with Gasteiger partial charge >= 0.3 is 5.97 Å². The van der Waals surface area contributed by atoms with Crippen LogP contribution in [0.4, 0.5) is 5.69 Å². The lowest BCUT2D eigenvalue weighted by Gasteiger charge is -2.43. The first-order valence-corrected chi connectivity index (χ1v) is 10.5. The average molecular weight is 404 g/mol. The SMILES string of the molecule is Cc1cc(C)c2c(N)c(C(=O)OCC(=O)N3CCO[C@H]4CCCC[C@@H]43)sc2n1. The molecule has 150 valence electrons. The Morgan fingerprint density at radius 1 is 1.36 bits per heavy atom. The predicted octanol–water partition coefficient (Wildman–Crippen LogP) is 2.82. The van der Waals surface area contributed by atoms with Crippen LogP contribution in [0.3, 0.4) is 0 Å². The highest BCUT2D eigenvalue weighted by Gasteiger charge is 2.37. The van der Waals surface area contributed by atoms with Crippen molar-refractivity contribution in [2.24, 2.45) is 0 Å². The van der Waals surface area contributed by atoms with Crippen molar-refractivity contribution >= 4 is 39.1 Å². The van der Waals surface area contributed by atoms with Crippen molar-refractivity contribution in [1.82, 2.24) is 9.88 Å². The maximum Gasteiger partial charge on any atom is 0.351 e. The van der Waals surface area contributed by atoms with E-state index >= 15 is 0 Å². The van der Waals surface area contributed by atoms with Gasteiger partial charge in [0, 0.05) is 17.6 Å². The lowest BCUT2D eigenvalue weighted by Crippen LogP contribution is -2.55. The Morgan fingerprint density at radius 2 is 2.14 bits per heavy atom. The van der Waals surface area contributed by atoms with Gasteiger partial charge in [-0.15, -0.1) is 11.3 Å². The van der Waals surface area contributed by atoms with Crippen molar-refractivity contribution in [2.45, 2.75) is 51.7 Å². The number of esters is 1. The Bertz CT molecular complexity index is 924. The van der Waals surface area contributed by atoms with Gasteiger partial charge in [-0.25, -0.2) is 9.78 Å². The summed E-state index contributed by atoms with van der Waals surface area (Å²) in [6, 6.07) is 2.03. The van der Waals surface area contributed by atoms with Gasteiger partial charge in [-0.1, -0.05) is 12.8 Å². The monoisotopic (exact) mass is 403 g/mol. The minimum Gasteiger partial charge on any atom is -0.451 e. The number of hydrogen-bond acceptors (Lipinski definition) is 7. The van der Waals surface area contributed by atoms with Crippen LogP contribution in [0, 0.1) is 13.8 Å². The number of morpholine rings is 1. The number of anilines is 1. The van der Waals surface area contributed by atoms with E-state index in [-0.39, 0.29) is 24.7 Å². The van der Waals surface area contributed by atoms with Gasteiger partial charge in [0.25, 0.3) is 5.91 Å². The molecule has 8 heteroatoms. The van der Waals surface area contributed by atoms with Crippen LogP contribution in [0.5, 0.6) is 0 Å². The van der Waals surface area contributed by atoms with Crippen molar-refractivity contribution in [3.8, 4) is 0 Å². The van der Waals surface area contributed by atoms with E-state index in [4.69, 9.17) is 15.2 Å². The highest BCUT2D eigenvalue weighted by atomic mass is 32.1. The first-order valence-electron chi connectivity index (χ1n) is 9.70. The molecule has 2 aromatic heterocycles. The molecule has 1 saturated carbocycles. The third-order valence-electron chi connectivity index (χ3n) is 5.59. The number of rotatable bonds is 3. The molecule has 0 spiro atoms. The lowest BCUT2D eigenvalue weighted by atomic mass is 9.90. The van der Waals surface area contributed by atoms with Crippen molar-refractivity contribution in [1.29, 1.82) is 0 Å². The van der Waals surface area contributed by atoms with Crippen molar-refractivity contribution in [2.75, 3.05) is 25.5 Å². The van der Waals surface area contributed by atoms with Gasteiger partial charge in [0.05, 0.1) is 24.4 Å². The Hall–Kier alpha value is -2.19. The van der Waals surface area contributed by atoms with Gasteiger partial charge in [0.1, 0.15) is 9.71 Å². The number of amides is 1. The zero-order chi connectivity index (χ0) is 19.8. The summed E-state index contributed by atoms with van der Waals surface area (Å²) in [6.07, 6.45) is 4.27. The largest absolute Gasteiger partial charge is 0.451 e. The third kappa shape index (κ3) is 3.46. The molecule has 3 heterocycles. The number of nitrogens with zero attached hydrogens (tertiary/aromatic N) is 2. The van der Waals surface area contributed by atoms with E-state index < -0.39 is 5.97 Å². The van der Waals surface area contributed by atoms with E-state index in [0.29, 0.717) is 28.5 Å². The quantitative estimate of drug-likeness (QED) is 0.792. The molecule has 4 rings (SSSR count). The minimum atomic E-state index is -0.570. The van der Waals surface area contributed by atoms with Crippen LogP contribution in [0.25, 0.3) is 10.2 Å². The number of thiophene rings is 1. The fourth-order valence-electron chi connectivity index (χ4n) is 4.30. The molecular formula is C20H25N3O4S. The molecule has 1 aliphatic carbocycles. The molecule has 2 N–H and O–H groups in total. The van der Waals surface area contributed by atoms with E-state index in [1.807, 2.05) is 24.8 Å². The van der Waals surface area contributed by atoms with E-state index in [2.05, 4.69) is 4.98 Å². The smallest absolute Gasteiger partial charge is 0.351 e. The number of aryl methyl sites for hydroxylation is 2. The van der Waals surface area contributed by atoms with E-state index in [9.17, 15) is 9.59 Å². The summed E-state index contributed by atoms with van der Waals surface area (Å²) in [5, 5.41) is 0.784. The molecule has 0 bridgehead atoms. The number of nitrogens with two attached hydrogens (primary N) is 1. The third-order valence-corrected chi connectivity index (χ3v) is 6.67. The standard InChI is InChI=1S/C20H25N3O4S/c1-11-9-12(2)22-19-16(11)17(21)18(28-19)20(25)27-10-15(24)23-7-8-26-14-6-4-3-5-13(14)23/h9,13-14H,3-8,10,21H2,1-2H3/t13-,14-/m0/s1. The van der Waals surface area contributed by atoms with Crippen LogP contribution in [0.1, 0.15) is 46.6 Å². The van der Waals surface area contributed by atoms with Crippen molar-refractivity contribution < 1.29 is 19.1 Å². The average Bonchev–Trinajstić information content (AvgIpc) is 3.02. The van der Waals surface area contributed by atoms with Gasteiger partial charge in [0.15, 0.2) is 6.61 Å². The Kier molecular flexibility index (Phi) is 5.25. The number of fused-ring (bicyclic) bond motifs is 2. The minimum absolute atomic E-state index is 0.0953. The van der Waals surface area contributed by atoms with Gasteiger partial charge in [0.2, 0.25) is 0 Å². The maximum absolute atomic E-state index is 12.7. The molecule has 0 aromatic carbocycles. The fourth-order valence-corrected chi connectivity index (χ4v) is 5.41. The second-order valence-electron chi connectivity index (χ2n) is 7.53. The Morgan fingerprint density at radius 3 is 2.96 bits per heavy atom. The molecule has 2 fully saturated rings. The Balaban J connectivity index is 1.45. The van der Waals surface area contributed by atoms with Crippen molar-refractivity contribution in [3.63, 3.8) is 0 Å². The van der Waals surface area contributed by atoms with Crippen LogP contribution >= 0.6 is 11.3 Å². The molecule has 28 heavy (non-hydrogen) atoms. The molecule has 1 aliphatic heterocycles. The highest BCUT2D eigenvalue weighted by Crippen LogP contribution is 2.35. The number of hydrogen-bond donors (Lipinski definition) is 1. The first kappa shape index (κ1) is 19.1. The molecule has 0 unspecified atom stereocenters. The van der Waals surface area contributed by atoms with Gasteiger partial charge in [-0.05, 0) is 38.3 Å². The molecule has 1 amide bonds. The molecule has 2 aromatic rings. The maximum atomic E-state index is 12.7. The summed E-state index contributed by atoms with van der Waals surface area (Å²) in [6.45, 7) is 4.65. The van der Waals surface area contributed by atoms with Crippen LogP contribution < -0.4 is 5.73 Å². The van der Waals surface area contributed by atoms with Crippen LogP contribution in [-0.2, 0) is 14.3 Å². The highest BCUT2D eigenvalue weighted by molar-refractivity contribution is 7.21. The van der Waals surface area contributed by atoms with E-state index in [0.717, 1.165) is 42.3 Å². The topological polar surface area (TPSA) is 94.8 Å². The fraction of sp³-hybridized carbons (Fsp3) is 0.550. The second-order valence-corrected chi connectivity index (χ2v) is 8.53. The number of ether oxygens (including phenoxy) is 2. The molecule has 1 saturated heterocycles. The van der Waals surface area contributed by atoms with Crippen LogP contribution in [-0.4, -0.2) is 53.7 Å². The number of carbonyl (C=O) groups is 2. The second kappa shape index (κ2) is 7.67. The predicted molar refractivity (Wildman–Crippen MR) is 107 cm³/mol. The summed E-state index contributed by atoms with van der Waals surface area (Å²) in [5.74, 6) is -0.738. The Labute approximate surface area is 167 Å². The number of nitrogen functional groups attached to an aromatic ring is 1. The van der Waals surface area contributed by atoms with Gasteiger partial charge < -0.3 is 20.1 Å². The summed E-state index contributed by atoms with van der Waals surface area (Å²) in [4.78, 5) is 32.6. The number of carbonyl (C=O) groups excluding carboxylic acids is 2. The normalized spacial score (nSPS) is 22.1. The molecule has 2 aliphatic rings. The zero-order valence-corrected chi connectivity index (χ0v) is 17.0. The summed E-state index contributed by atoms with van der Waals surface area (Å²) in [7, 11) is 0. The summed E-state index contributed by atoms with van der Waals surface area (Å²) < 4.78 is 11.1.